The Labute approximate surface area is 149 Å². The van der Waals surface area contributed by atoms with Crippen molar-refractivity contribution >= 4 is 5.84 Å². The number of nitrogens with zero attached hydrogens (tertiary/aromatic N) is 6. The molecule has 8 nitrogen and oxygen atoms in total. The zero-order valence-corrected chi connectivity index (χ0v) is 14.2. The molecule has 0 bridgehead atoms. The maximum atomic E-state index is 13.9. The molecule has 0 fully saturated rings. The van der Waals surface area contributed by atoms with Crippen LogP contribution in [0.5, 0.6) is 11.5 Å². The van der Waals surface area contributed by atoms with Crippen molar-refractivity contribution in [1.29, 1.82) is 0 Å². The number of ether oxygens (including phenoxy) is 1. The normalized spacial score (nSPS) is 10.6. The SMILES string of the molecule is C#C.CN=C(NC)c1nnn(-c2cc(F)cc(Oc3cccnc3)c2)n1. The Morgan fingerprint density at radius 2 is 2.08 bits per heavy atom. The molecule has 2 aromatic heterocycles. The summed E-state index contributed by atoms with van der Waals surface area (Å²) < 4.78 is 19.5. The van der Waals surface area contributed by atoms with Gasteiger partial charge in [-0.05, 0) is 17.3 Å². The Morgan fingerprint density at radius 1 is 1.27 bits per heavy atom. The molecule has 0 aliphatic rings. The minimum Gasteiger partial charge on any atom is -0.456 e. The van der Waals surface area contributed by atoms with Crippen LogP contribution in [0, 0.1) is 18.7 Å². The molecule has 1 N–H and O–H groups in total. The van der Waals surface area contributed by atoms with E-state index in [4.69, 9.17) is 4.74 Å². The number of aliphatic imine (C=N–C) groups is 1. The fourth-order valence-corrected chi connectivity index (χ4v) is 2.01. The summed E-state index contributed by atoms with van der Waals surface area (Å²) >= 11 is 0. The number of tetrazole rings is 1. The number of hydrogen-bond donors (Lipinski definition) is 1. The molecule has 0 aliphatic carbocycles. The highest BCUT2D eigenvalue weighted by molar-refractivity contribution is 5.94. The first-order valence-electron chi connectivity index (χ1n) is 7.36. The van der Waals surface area contributed by atoms with Crippen LogP contribution in [0.3, 0.4) is 0 Å². The lowest BCUT2D eigenvalue weighted by molar-refractivity contribution is 0.473. The van der Waals surface area contributed by atoms with Crippen LogP contribution in [0.15, 0.2) is 47.7 Å². The van der Waals surface area contributed by atoms with Crippen LogP contribution in [0.1, 0.15) is 5.82 Å². The second-order valence-electron chi connectivity index (χ2n) is 4.66. The Hall–Kier alpha value is -3.80. The largest absolute Gasteiger partial charge is 0.456 e. The van der Waals surface area contributed by atoms with Crippen molar-refractivity contribution < 1.29 is 9.13 Å². The summed E-state index contributed by atoms with van der Waals surface area (Å²) in [5.41, 5.74) is 0.374. The van der Waals surface area contributed by atoms with E-state index in [-0.39, 0.29) is 0 Å². The third kappa shape index (κ3) is 4.39. The number of halogens is 1. The van der Waals surface area contributed by atoms with Gasteiger partial charge in [0, 0.05) is 38.5 Å². The monoisotopic (exact) mass is 353 g/mol. The van der Waals surface area contributed by atoms with Crippen molar-refractivity contribution in [1.82, 2.24) is 30.5 Å². The first-order valence-corrected chi connectivity index (χ1v) is 7.36. The number of pyridine rings is 1. The van der Waals surface area contributed by atoms with Gasteiger partial charge >= 0.3 is 0 Å². The van der Waals surface area contributed by atoms with Crippen LogP contribution >= 0.6 is 0 Å². The van der Waals surface area contributed by atoms with Gasteiger partial charge < -0.3 is 10.1 Å². The summed E-state index contributed by atoms with van der Waals surface area (Å²) in [6.45, 7) is 0. The standard InChI is InChI=1S/C15H14FN7O.C2H2/c1-17-14(18-2)15-20-22-23(21-15)11-6-10(16)7-13(8-11)24-12-4-3-5-19-9-12;1-2/h3-9H,1-2H3,(H,17,18);1-2H. The van der Waals surface area contributed by atoms with Gasteiger partial charge in [-0.3, -0.25) is 9.98 Å². The maximum Gasteiger partial charge on any atom is 0.239 e. The van der Waals surface area contributed by atoms with Crippen LogP contribution in [0.4, 0.5) is 4.39 Å². The predicted octanol–water partition coefficient (Wildman–Crippen LogP) is 1.83. The van der Waals surface area contributed by atoms with Gasteiger partial charge in [0.25, 0.3) is 0 Å². The number of terminal acetylenes is 1. The number of amidine groups is 1. The van der Waals surface area contributed by atoms with Crippen molar-refractivity contribution in [2.45, 2.75) is 0 Å². The molecule has 0 saturated carbocycles. The fraction of sp³-hybridized carbons (Fsp3) is 0.118. The molecule has 0 radical (unpaired) electrons. The number of hydrogen-bond acceptors (Lipinski definition) is 6. The fourth-order valence-electron chi connectivity index (χ4n) is 2.01. The molecular weight excluding hydrogens is 337 g/mol. The van der Waals surface area contributed by atoms with Crippen LogP contribution in [-0.2, 0) is 0 Å². The average molecular weight is 353 g/mol. The number of rotatable bonds is 4. The Kier molecular flexibility index (Phi) is 6.34. The lowest BCUT2D eigenvalue weighted by Gasteiger charge is -2.07. The van der Waals surface area contributed by atoms with E-state index in [2.05, 4.69) is 43.6 Å². The Balaban J connectivity index is 0.00000117. The van der Waals surface area contributed by atoms with E-state index in [0.717, 1.165) is 0 Å². The number of nitrogens with one attached hydrogen (secondary N) is 1. The smallest absolute Gasteiger partial charge is 0.239 e. The summed E-state index contributed by atoms with van der Waals surface area (Å²) in [7, 11) is 3.31. The number of benzene rings is 1. The molecule has 0 spiro atoms. The minimum absolute atomic E-state index is 0.301. The van der Waals surface area contributed by atoms with Crippen LogP contribution in [0.25, 0.3) is 5.69 Å². The van der Waals surface area contributed by atoms with Gasteiger partial charge in [0.2, 0.25) is 5.82 Å². The summed E-state index contributed by atoms with van der Waals surface area (Å²) in [6, 6.07) is 7.60. The zero-order chi connectivity index (χ0) is 18.9. The van der Waals surface area contributed by atoms with Gasteiger partial charge in [0.15, 0.2) is 5.84 Å². The van der Waals surface area contributed by atoms with E-state index in [0.29, 0.717) is 28.8 Å². The molecule has 0 atom stereocenters. The third-order valence-corrected chi connectivity index (χ3v) is 3.04. The molecule has 26 heavy (non-hydrogen) atoms. The quantitative estimate of drug-likeness (QED) is 0.437. The van der Waals surface area contributed by atoms with E-state index in [9.17, 15) is 4.39 Å². The van der Waals surface area contributed by atoms with Crippen molar-refractivity contribution in [2.24, 2.45) is 4.99 Å². The van der Waals surface area contributed by atoms with Crippen molar-refractivity contribution in [3.63, 3.8) is 0 Å². The lowest BCUT2D eigenvalue weighted by atomic mass is 10.3. The molecule has 0 saturated heterocycles. The Morgan fingerprint density at radius 3 is 2.73 bits per heavy atom. The molecule has 9 heteroatoms. The number of aromatic nitrogens is 5. The van der Waals surface area contributed by atoms with Crippen LogP contribution < -0.4 is 10.1 Å². The van der Waals surface area contributed by atoms with Gasteiger partial charge in [-0.25, -0.2) is 4.39 Å². The molecule has 1 aromatic carbocycles. The van der Waals surface area contributed by atoms with Crippen molar-refractivity contribution in [3.05, 3.63) is 54.4 Å². The summed E-state index contributed by atoms with van der Waals surface area (Å²) in [6.07, 6.45) is 11.2. The molecule has 3 aromatic rings. The second-order valence-corrected chi connectivity index (χ2v) is 4.66. The van der Waals surface area contributed by atoms with Gasteiger partial charge in [0.1, 0.15) is 17.3 Å². The molecule has 132 valence electrons. The first-order chi connectivity index (χ1) is 12.7. The first kappa shape index (κ1) is 18.5. The topological polar surface area (TPSA) is 90.1 Å². The molecular formula is C17H16FN7O. The molecule has 0 amide bonds. The molecule has 0 unspecified atom stereocenters. The summed E-state index contributed by atoms with van der Waals surface area (Å²) in [5.74, 6) is 1.10. The van der Waals surface area contributed by atoms with Gasteiger partial charge in [0.05, 0.1) is 11.9 Å². The summed E-state index contributed by atoms with van der Waals surface area (Å²) in [5, 5.41) is 14.8. The minimum atomic E-state index is -0.483. The van der Waals surface area contributed by atoms with Gasteiger partial charge in [-0.2, -0.15) is 0 Å². The van der Waals surface area contributed by atoms with E-state index in [1.165, 1.54) is 23.1 Å². The van der Waals surface area contributed by atoms with E-state index >= 15 is 0 Å². The Bertz CT molecular complexity index is 906. The van der Waals surface area contributed by atoms with E-state index in [1.54, 1.807) is 38.5 Å². The average Bonchev–Trinajstić information content (AvgIpc) is 3.15. The maximum absolute atomic E-state index is 13.9. The van der Waals surface area contributed by atoms with E-state index in [1.807, 2.05) is 0 Å². The van der Waals surface area contributed by atoms with Crippen LogP contribution in [-0.4, -0.2) is 45.1 Å². The van der Waals surface area contributed by atoms with Crippen LogP contribution in [0.2, 0.25) is 0 Å². The predicted molar refractivity (Wildman–Crippen MR) is 94.8 cm³/mol. The van der Waals surface area contributed by atoms with Crippen molar-refractivity contribution in [2.75, 3.05) is 14.1 Å². The highest BCUT2D eigenvalue weighted by Gasteiger charge is 2.12. The third-order valence-electron chi connectivity index (χ3n) is 3.04. The molecule has 0 aliphatic heterocycles. The highest BCUT2D eigenvalue weighted by atomic mass is 19.1. The van der Waals surface area contributed by atoms with Crippen molar-refractivity contribution in [3.8, 4) is 30.0 Å². The lowest BCUT2D eigenvalue weighted by Crippen LogP contribution is -2.21. The molecule has 2 heterocycles. The summed E-state index contributed by atoms with van der Waals surface area (Å²) in [4.78, 5) is 9.15. The molecule has 3 rings (SSSR count). The van der Waals surface area contributed by atoms with E-state index < -0.39 is 5.82 Å². The zero-order valence-electron chi connectivity index (χ0n) is 14.2. The van der Waals surface area contributed by atoms with Gasteiger partial charge in [-0.15, -0.1) is 27.8 Å². The van der Waals surface area contributed by atoms with Gasteiger partial charge in [-0.1, -0.05) is 0 Å². The second kappa shape index (κ2) is 8.89. The highest BCUT2D eigenvalue weighted by Crippen LogP contribution is 2.24.